The Kier molecular flexibility index (Phi) is 3.07. The number of rotatable bonds is 1. The van der Waals surface area contributed by atoms with Crippen LogP contribution < -0.4 is 31.6 Å². The van der Waals surface area contributed by atoms with Crippen molar-refractivity contribution in [3.63, 3.8) is 0 Å². The Balaban J connectivity index is 0.00000108. The smallest absolute Gasteiger partial charge is 0.241 e. The van der Waals surface area contributed by atoms with Crippen LogP contribution in [0.3, 0.4) is 0 Å². The SMILES string of the molecule is COc1cc2c3c(ccc[n+]3C=C(C)N2)c1.[Br-]. The Hall–Kier alpha value is -1.55. The Morgan fingerprint density at radius 2 is 2.12 bits per heavy atom. The predicted molar refractivity (Wildman–Crippen MR) is 64.3 cm³/mol. The number of benzene rings is 1. The van der Waals surface area contributed by atoms with E-state index in [4.69, 9.17) is 4.74 Å². The van der Waals surface area contributed by atoms with Gasteiger partial charge < -0.3 is 27.0 Å². The summed E-state index contributed by atoms with van der Waals surface area (Å²) in [7, 11) is 1.69. The highest BCUT2D eigenvalue weighted by molar-refractivity contribution is 5.91. The van der Waals surface area contributed by atoms with Crippen LogP contribution in [0.15, 0.2) is 36.2 Å². The number of aromatic nitrogens is 1. The van der Waals surface area contributed by atoms with Crippen molar-refractivity contribution in [2.24, 2.45) is 0 Å². The van der Waals surface area contributed by atoms with Crippen LogP contribution in [0.1, 0.15) is 6.92 Å². The van der Waals surface area contributed by atoms with E-state index in [0.717, 1.165) is 17.1 Å². The first kappa shape index (κ1) is 11.9. The van der Waals surface area contributed by atoms with Crippen molar-refractivity contribution in [3.8, 4) is 5.75 Å². The zero-order chi connectivity index (χ0) is 11.1. The number of nitrogens with zero attached hydrogens (tertiary/aromatic N) is 1. The molecule has 1 N–H and O–H groups in total. The number of hydrogen-bond donors (Lipinski definition) is 1. The first-order chi connectivity index (χ1) is 7.78. The molecule has 2 heterocycles. The van der Waals surface area contributed by atoms with E-state index in [2.05, 4.69) is 28.3 Å². The van der Waals surface area contributed by atoms with Gasteiger partial charge in [-0.15, -0.1) is 0 Å². The number of halogens is 1. The molecule has 0 atom stereocenters. The van der Waals surface area contributed by atoms with Gasteiger partial charge >= 0.3 is 0 Å². The molecule has 0 saturated carbocycles. The van der Waals surface area contributed by atoms with Gasteiger partial charge in [-0.3, -0.25) is 0 Å². The van der Waals surface area contributed by atoms with Gasteiger partial charge in [-0.25, -0.2) is 0 Å². The molecule has 17 heavy (non-hydrogen) atoms. The summed E-state index contributed by atoms with van der Waals surface area (Å²) in [5.41, 5.74) is 3.40. The minimum absolute atomic E-state index is 0. The maximum atomic E-state index is 5.30. The van der Waals surface area contributed by atoms with Crippen LogP contribution in [0.4, 0.5) is 5.69 Å². The van der Waals surface area contributed by atoms with Gasteiger partial charge in [0.25, 0.3) is 0 Å². The molecule has 0 amide bonds. The first-order valence-corrected chi connectivity index (χ1v) is 5.25. The molecule has 0 unspecified atom stereocenters. The molecule has 0 fully saturated rings. The van der Waals surface area contributed by atoms with Gasteiger partial charge in [-0.1, -0.05) is 0 Å². The zero-order valence-corrected chi connectivity index (χ0v) is 11.3. The van der Waals surface area contributed by atoms with E-state index in [1.807, 2.05) is 25.1 Å². The third-order valence-electron chi connectivity index (χ3n) is 2.79. The van der Waals surface area contributed by atoms with E-state index in [-0.39, 0.29) is 17.0 Å². The summed E-state index contributed by atoms with van der Waals surface area (Å²) in [6.45, 7) is 2.05. The third-order valence-corrected chi connectivity index (χ3v) is 2.79. The number of allylic oxidation sites excluding steroid dienone is 1. The van der Waals surface area contributed by atoms with E-state index < -0.39 is 0 Å². The topological polar surface area (TPSA) is 25.1 Å². The lowest BCUT2D eigenvalue weighted by molar-refractivity contribution is -0.539. The van der Waals surface area contributed by atoms with Gasteiger partial charge in [0.2, 0.25) is 5.52 Å². The van der Waals surface area contributed by atoms with Gasteiger partial charge in [0.05, 0.1) is 18.2 Å². The number of nitrogens with one attached hydrogen (secondary N) is 1. The summed E-state index contributed by atoms with van der Waals surface area (Å²) in [5, 5.41) is 4.53. The number of anilines is 1. The fourth-order valence-corrected chi connectivity index (χ4v) is 2.13. The summed E-state index contributed by atoms with van der Waals surface area (Å²) in [6.07, 6.45) is 4.14. The van der Waals surface area contributed by atoms with E-state index in [0.29, 0.717) is 0 Å². The Bertz CT molecular complexity index is 608. The van der Waals surface area contributed by atoms with Crippen LogP contribution >= 0.6 is 0 Å². The number of pyridine rings is 1. The van der Waals surface area contributed by atoms with Crippen LogP contribution in [0.2, 0.25) is 0 Å². The van der Waals surface area contributed by atoms with Crippen LogP contribution in [0.5, 0.6) is 5.75 Å². The van der Waals surface area contributed by atoms with Crippen LogP contribution in [-0.4, -0.2) is 7.11 Å². The van der Waals surface area contributed by atoms with Crippen LogP contribution in [-0.2, 0) is 0 Å². The van der Waals surface area contributed by atoms with Crippen molar-refractivity contribution in [1.29, 1.82) is 0 Å². The molecule has 0 aliphatic carbocycles. The van der Waals surface area contributed by atoms with Crippen molar-refractivity contribution in [2.45, 2.75) is 6.92 Å². The molecule has 1 aliphatic rings. The third kappa shape index (κ3) is 1.89. The summed E-state index contributed by atoms with van der Waals surface area (Å²) < 4.78 is 7.43. The standard InChI is InChI=1S/C13H13N2O.BrH/c1-9-8-15-5-3-4-10-6-11(16-2)7-12(14-9)13(10)15;/h3-8,14H,1-2H3;1H/q+1;/p-1. The van der Waals surface area contributed by atoms with E-state index in [1.54, 1.807) is 7.11 Å². The lowest BCUT2D eigenvalue weighted by atomic mass is 10.1. The summed E-state index contributed by atoms with van der Waals surface area (Å²) in [6, 6.07) is 8.20. The van der Waals surface area contributed by atoms with Gasteiger partial charge in [0.1, 0.15) is 11.4 Å². The first-order valence-electron chi connectivity index (χ1n) is 5.25. The molecule has 0 saturated heterocycles. The lowest BCUT2D eigenvalue weighted by Gasteiger charge is -2.13. The summed E-state index contributed by atoms with van der Waals surface area (Å²) in [5.74, 6) is 0.877. The van der Waals surface area contributed by atoms with Gasteiger partial charge in [0, 0.05) is 12.1 Å². The molecule has 0 radical (unpaired) electrons. The average molecular weight is 293 g/mol. The minimum atomic E-state index is 0. The highest BCUT2D eigenvalue weighted by Gasteiger charge is 2.18. The quantitative estimate of drug-likeness (QED) is 0.709. The normalized spacial score (nSPS) is 12.5. The molecule has 3 rings (SSSR count). The Morgan fingerprint density at radius 3 is 2.88 bits per heavy atom. The Morgan fingerprint density at radius 1 is 1.29 bits per heavy atom. The largest absolute Gasteiger partial charge is 1.00 e. The predicted octanol–water partition coefficient (Wildman–Crippen LogP) is -0.616. The molecule has 1 aliphatic heterocycles. The second-order valence-electron chi connectivity index (χ2n) is 3.97. The molecule has 0 spiro atoms. The highest BCUT2D eigenvalue weighted by atomic mass is 79.9. The van der Waals surface area contributed by atoms with Crippen molar-refractivity contribution < 1.29 is 26.3 Å². The number of ether oxygens (including phenoxy) is 1. The number of hydrogen-bond acceptors (Lipinski definition) is 2. The number of methoxy groups -OCH3 is 1. The van der Waals surface area contributed by atoms with E-state index >= 15 is 0 Å². The van der Waals surface area contributed by atoms with Gasteiger partial charge in [-0.05, 0) is 19.1 Å². The lowest BCUT2D eigenvalue weighted by Crippen LogP contribution is -3.00. The van der Waals surface area contributed by atoms with Crippen molar-refractivity contribution in [2.75, 3.05) is 12.4 Å². The molecule has 2 aromatic rings. The summed E-state index contributed by atoms with van der Waals surface area (Å²) in [4.78, 5) is 0. The van der Waals surface area contributed by atoms with E-state index in [9.17, 15) is 0 Å². The molecule has 0 bridgehead atoms. The second-order valence-corrected chi connectivity index (χ2v) is 3.97. The molecular weight excluding hydrogens is 280 g/mol. The van der Waals surface area contributed by atoms with Crippen LogP contribution in [0.25, 0.3) is 17.1 Å². The molecule has 88 valence electrons. The summed E-state index contributed by atoms with van der Waals surface area (Å²) >= 11 is 0. The van der Waals surface area contributed by atoms with Crippen molar-refractivity contribution >= 4 is 22.8 Å². The van der Waals surface area contributed by atoms with Gasteiger partial charge in [-0.2, -0.15) is 4.57 Å². The average Bonchev–Trinajstić information content (AvgIpc) is 2.28. The molecule has 1 aromatic heterocycles. The van der Waals surface area contributed by atoms with Gasteiger partial charge in [0.15, 0.2) is 12.4 Å². The maximum absolute atomic E-state index is 5.30. The fourth-order valence-electron chi connectivity index (χ4n) is 2.13. The fraction of sp³-hybridized carbons (Fsp3) is 0.154. The minimum Gasteiger partial charge on any atom is -1.00 e. The van der Waals surface area contributed by atoms with Crippen molar-refractivity contribution in [1.82, 2.24) is 0 Å². The van der Waals surface area contributed by atoms with E-state index in [1.165, 1.54) is 10.9 Å². The Labute approximate surface area is 110 Å². The zero-order valence-electron chi connectivity index (χ0n) is 9.70. The van der Waals surface area contributed by atoms with Crippen LogP contribution in [0, 0.1) is 0 Å². The second kappa shape index (κ2) is 4.37. The molecule has 4 heteroatoms. The molecule has 1 aromatic carbocycles. The maximum Gasteiger partial charge on any atom is 0.241 e. The highest BCUT2D eigenvalue weighted by Crippen LogP contribution is 2.29. The monoisotopic (exact) mass is 292 g/mol. The molecule has 3 nitrogen and oxygen atoms in total. The van der Waals surface area contributed by atoms with Crippen molar-refractivity contribution in [3.05, 3.63) is 36.2 Å². The molecular formula is C13H13BrN2O.